The van der Waals surface area contributed by atoms with E-state index in [1.165, 1.54) is 17.2 Å². The summed E-state index contributed by atoms with van der Waals surface area (Å²) in [6, 6.07) is 16.7. The molecule has 5 N–H and O–H groups in total. The number of carbonyl (C=O) groups excluding carboxylic acids is 4. The Labute approximate surface area is 224 Å². The van der Waals surface area contributed by atoms with Gasteiger partial charge in [0.25, 0.3) is 5.91 Å². The average molecular weight is 536 g/mol. The first kappa shape index (κ1) is 26.8. The molecule has 2 aromatic carbocycles. The Balaban J connectivity index is 1.47. The summed E-state index contributed by atoms with van der Waals surface area (Å²) in [5.74, 6) is -1.66. The van der Waals surface area contributed by atoms with E-state index in [1.807, 2.05) is 54.8 Å². The van der Waals surface area contributed by atoms with E-state index in [2.05, 4.69) is 16.0 Å². The predicted octanol–water partition coefficient (Wildman–Crippen LogP) is 2.62. The van der Waals surface area contributed by atoms with Crippen LogP contribution >= 0.6 is 11.8 Å². The van der Waals surface area contributed by atoms with Crippen LogP contribution in [0.4, 0.5) is 10.5 Å². The number of nitrogens with one attached hydrogen (secondary N) is 3. The Morgan fingerprint density at radius 2 is 1.87 bits per heavy atom. The van der Waals surface area contributed by atoms with Crippen LogP contribution in [-0.4, -0.2) is 59.6 Å². The molecule has 4 rings (SSSR count). The van der Waals surface area contributed by atoms with Crippen LogP contribution in [0.2, 0.25) is 0 Å². The van der Waals surface area contributed by atoms with Gasteiger partial charge in [0, 0.05) is 23.5 Å². The molecule has 38 heavy (non-hydrogen) atoms. The summed E-state index contributed by atoms with van der Waals surface area (Å²) in [5, 5.41) is 8.32. The van der Waals surface area contributed by atoms with Gasteiger partial charge >= 0.3 is 6.03 Å². The quantitative estimate of drug-likeness (QED) is 0.310. The van der Waals surface area contributed by atoms with E-state index in [-0.39, 0.29) is 25.1 Å². The second kappa shape index (κ2) is 12.3. The minimum atomic E-state index is -0.968. The van der Waals surface area contributed by atoms with Gasteiger partial charge in [-0.25, -0.2) is 4.79 Å². The lowest BCUT2D eigenvalue weighted by molar-refractivity contribution is -0.129. The molecule has 3 aromatic rings. The summed E-state index contributed by atoms with van der Waals surface area (Å²) < 4.78 is 5.25. The van der Waals surface area contributed by atoms with E-state index >= 15 is 0 Å². The fraction of sp³-hybridized carbons (Fsp3) is 0.259. The molecule has 5 amide bonds. The van der Waals surface area contributed by atoms with E-state index < -0.39 is 41.9 Å². The van der Waals surface area contributed by atoms with Crippen LogP contribution < -0.4 is 21.7 Å². The molecule has 3 unspecified atom stereocenters. The monoisotopic (exact) mass is 535 g/mol. The number of likely N-dealkylation sites (tertiary alicyclic amines) is 1. The molecule has 0 radical (unpaired) electrons. The first-order chi connectivity index (χ1) is 18.3. The lowest BCUT2D eigenvalue weighted by Gasteiger charge is -2.25. The molecule has 0 saturated carbocycles. The molecule has 1 aliphatic rings. The topological polar surface area (TPSA) is 147 Å². The van der Waals surface area contributed by atoms with Crippen molar-refractivity contribution in [2.75, 3.05) is 18.1 Å². The Hall–Kier alpha value is -4.25. The highest BCUT2D eigenvalue weighted by atomic mass is 32.2. The number of nitrogens with two attached hydrogens (primary N) is 1. The molecular formula is C27H29N5O5S. The number of rotatable bonds is 9. The Kier molecular flexibility index (Phi) is 8.70. The van der Waals surface area contributed by atoms with Gasteiger partial charge < -0.3 is 31.0 Å². The molecule has 1 saturated heterocycles. The minimum Gasteiger partial charge on any atom is -0.459 e. The lowest BCUT2D eigenvalue weighted by Crippen LogP contribution is -2.53. The summed E-state index contributed by atoms with van der Waals surface area (Å²) >= 11 is 1.55. The summed E-state index contributed by atoms with van der Waals surface area (Å²) in [6.07, 6.45) is 3.66. The molecule has 0 bridgehead atoms. The zero-order chi connectivity index (χ0) is 27.1. The molecule has 0 aliphatic carbocycles. The SMILES string of the molecule is CSc1cccc(NC(=O)NC2CC(C(=O)NC(Cc3ccccc3)C(N)=O)N(C(=O)c3ccco3)C2)c1. The van der Waals surface area contributed by atoms with Crippen molar-refractivity contribution >= 4 is 41.2 Å². The van der Waals surface area contributed by atoms with Gasteiger partial charge in [-0.15, -0.1) is 11.8 Å². The van der Waals surface area contributed by atoms with E-state index in [4.69, 9.17) is 10.2 Å². The van der Waals surface area contributed by atoms with E-state index in [0.29, 0.717) is 5.69 Å². The second-order valence-corrected chi connectivity index (χ2v) is 9.75. The minimum absolute atomic E-state index is 0.0671. The van der Waals surface area contributed by atoms with E-state index in [9.17, 15) is 19.2 Å². The van der Waals surface area contributed by atoms with Crippen LogP contribution in [0.1, 0.15) is 22.5 Å². The van der Waals surface area contributed by atoms with Crippen molar-refractivity contribution < 1.29 is 23.6 Å². The smallest absolute Gasteiger partial charge is 0.319 e. The summed E-state index contributed by atoms with van der Waals surface area (Å²) in [5.41, 5.74) is 7.02. The highest BCUT2D eigenvalue weighted by Crippen LogP contribution is 2.23. The highest BCUT2D eigenvalue weighted by Gasteiger charge is 2.42. The maximum absolute atomic E-state index is 13.4. The van der Waals surface area contributed by atoms with Crippen molar-refractivity contribution in [1.29, 1.82) is 0 Å². The molecule has 3 atom stereocenters. The third kappa shape index (κ3) is 6.74. The second-order valence-electron chi connectivity index (χ2n) is 8.87. The van der Waals surface area contributed by atoms with Crippen molar-refractivity contribution in [3.05, 3.63) is 84.3 Å². The van der Waals surface area contributed by atoms with E-state index in [1.54, 1.807) is 23.9 Å². The van der Waals surface area contributed by atoms with Crippen molar-refractivity contribution in [2.45, 2.75) is 35.9 Å². The average Bonchev–Trinajstić information content (AvgIpc) is 3.59. The van der Waals surface area contributed by atoms with Gasteiger partial charge in [0.15, 0.2) is 5.76 Å². The number of hydrogen-bond acceptors (Lipinski definition) is 6. The van der Waals surface area contributed by atoms with Gasteiger partial charge in [-0.3, -0.25) is 14.4 Å². The molecule has 198 valence electrons. The standard InChI is InChI=1S/C27H29N5O5S/c1-38-20-10-5-9-18(14-20)29-27(36)30-19-15-22(32(16-19)26(35)23-11-6-12-37-23)25(34)31-21(24(28)33)13-17-7-3-2-4-8-17/h2-12,14,19,21-22H,13,15-16H2,1H3,(H2,28,33)(H,31,34)(H2,29,30,36). The van der Waals surface area contributed by atoms with Gasteiger partial charge in [0.1, 0.15) is 12.1 Å². The van der Waals surface area contributed by atoms with Crippen LogP contribution in [0.3, 0.4) is 0 Å². The van der Waals surface area contributed by atoms with Crippen LogP contribution in [0.5, 0.6) is 0 Å². The van der Waals surface area contributed by atoms with E-state index in [0.717, 1.165) is 10.5 Å². The number of hydrogen-bond donors (Lipinski definition) is 4. The normalized spacial score (nSPS) is 17.4. The molecule has 1 aliphatic heterocycles. The fourth-order valence-corrected chi connectivity index (χ4v) is 4.81. The van der Waals surface area contributed by atoms with Crippen LogP contribution in [0.25, 0.3) is 0 Å². The number of primary amides is 1. The van der Waals surface area contributed by atoms with Crippen LogP contribution in [-0.2, 0) is 16.0 Å². The first-order valence-corrected chi connectivity index (χ1v) is 13.3. The van der Waals surface area contributed by atoms with Gasteiger partial charge in [0.2, 0.25) is 11.8 Å². The molecule has 1 fully saturated rings. The number of furan rings is 1. The number of amides is 5. The molecule has 0 spiro atoms. The van der Waals surface area contributed by atoms with Crippen molar-refractivity contribution in [3.8, 4) is 0 Å². The van der Waals surface area contributed by atoms with Gasteiger partial charge in [-0.2, -0.15) is 0 Å². The predicted molar refractivity (Wildman–Crippen MR) is 144 cm³/mol. The van der Waals surface area contributed by atoms with Gasteiger partial charge in [-0.05, 0) is 48.6 Å². The Bertz CT molecular complexity index is 1280. The zero-order valence-corrected chi connectivity index (χ0v) is 21.6. The highest BCUT2D eigenvalue weighted by molar-refractivity contribution is 7.98. The summed E-state index contributed by atoms with van der Waals surface area (Å²) in [4.78, 5) is 53.7. The maximum Gasteiger partial charge on any atom is 0.319 e. The fourth-order valence-electron chi connectivity index (χ4n) is 4.35. The first-order valence-electron chi connectivity index (χ1n) is 12.0. The zero-order valence-electron chi connectivity index (χ0n) is 20.8. The van der Waals surface area contributed by atoms with Crippen LogP contribution in [0, 0.1) is 0 Å². The third-order valence-corrected chi connectivity index (χ3v) is 6.93. The van der Waals surface area contributed by atoms with Crippen LogP contribution in [0.15, 0.2) is 82.3 Å². The van der Waals surface area contributed by atoms with Crippen molar-refractivity contribution in [1.82, 2.24) is 15.5 Å². The number of urea groups is 1. The largest absolute Gasteiger partial charge is 0.459 e. The number of thioether (sulfide) groups is 1. The van der Waals surface area contributed by atoms with Gasteiger partial charge in [-0.1, -0.05) is 36.4 Å². The molecule has 2 heterocycles. The number of benzene rings is 2. The molecule has 11 heteroatoms. The van der Waals surface area contributed by atoms with Gasteiger partial charge in [0.05, 0.1) is 12.3 Å². The maximum atomic E-state index is 13.4. The summed E-state index contributed by atoms with van der Waals surface area (Å²) in [7, 11) is 0. The Morgan fingerprint density at radius 3 is 2.55 bits per heavy atom. The number of nitrogens with zero attached hydrogens (tertiary/aromatic N) is 1. The molecule has 1 aromatic heterocycles. The number of carbonyl (C=O) groups is 4. The third-order valence-electron chi connectivity index (χ3n) is 6.20. The van der Waals surface area contributed by atoms with Crippen molar-refractivity contribution in [2.24, 2.45) is 5.73 Å². The molecular weight excluding hydrogens is 506 g/mol. The lowest BCUT2D eigenvalue weighted by atomic mass is 10.0. The molecule has 10 nitrogen and oxygen atoms in total. The summed E-state index contributed by atoms with van der Waals surface area (Å²) in [6.45, 7) is 0.0792. The Morgan fingerprint density at radius 1 is 1.08 bits per heavy atom. The number of anilines is 1. The van der Waals surface area contributed by atoms with Crippen molar-refractivity contribution in [3.63, 3.8) is 0 Å².